The Morgan fingerprint density at radius 3 is 2.71 bits per heavy atom. The molecule has 0 spiro atoms. The summed E-state index contributed by atoms with van der Waals surface area (Å²) in [7, 11) is 0. The number of pyridine rings is 2. The molecule has 2 heterocycles. The molecular formula is C12H14N2. The molecule has 0 aliphatic rings. The summed E-state index contributed by atoms with van der Waals surface area (Å²) in [5.41, 5.74) is 2.19. The van der Waals surface area contributed by atoms with Gasteiger partial charge in [-0.25, -0.2) is 0 Å². The first-order valence-corrected chi connectivity index (χ1v) is 4.90. The van der Waals surface area contributed by atoms with Gasteiger partial charge in [0.05, 0.1) is 0 Å². The highest BCUT2D eigenvalue weighted by Gasteiger charge is 2.03. The van der Waals surface area contributed by atoms with Crippen LogP contribution in [0.5, 0.6) is 0 Å². The third kappa shape index (κ3) is 1.48. The molecule has 0 saturated heterocycles. The van der Waals surface area contributed by atoms with Crippen LogP contribution in [0.4, 0.5) is 0 Å². The zero-order valence-electron chi connectivity index (χ0n) is 8.78. The molecule has 2 rings (SSSR count). The molecule has 0 unspecified atom stereocenters. The van der Waals surface area contributed by atoms with Gasteiger partial charge >= 0.3 is 0 Å². The van der Waals surface area contributed by atoms with Gasteiger partial charge < -0.3 is 0 Å². The third-order valence-electron chi connectivity index (χ3n) is 2.46. The summed E-state index contributed by atoms with van der Waals surface area (Å²) < 4.78 is 0. The van der Waals surface area contributed by atoms with Gasteiger partial charge in [0, 0.05) is 29.2 Å². The van der Waals surface area contributed by atoms with E-state index in [4.69, 9.17) is 0 Å². The van der Waals surface area contributed by atoms with E-state index in [1.54, 1.807) is 0 Å². The van der Waals surface area contributed by atoms with E-state index in [1.807, 2.05) is 25.4 Å². The maximum Gasteiger partial charge on any atom is 0.0466 e. The Balaban J connectivity index is 2.67. The maximum absolute atomic E-state index is 4.43. The second-order valence-corrected chi connectivity index (χ2v) is 3.88. The molecule has 0 bridgehead atoms. The molecule has 0 amide bonds. The highest BCUT2D eigenvalue weighted by Crippen LogP contribution is 2.19. The summed E-state index contributed by atoms with van der Waals surface area (Å²) in [6.07, 6.45) is 3.77. The fourth-order valence-electron chi connectivity index (χ4n) is 1.54. The monoisotopic (exact) mass is 186 g/mol. The van der Waals surface area contributed by atoms with Crippen LogP contribution in [0.2, 0.25) is 0 Å². The van der Waals surface area contributed by atoms with Crippen molar-refractivity contribution in [3.05, 3.63) is 35.9 Å². The Kier molecular flexibility index (Phi) is 2.20. The molecule has 0 radical (unpaired) electrons. The third-order valence-corrected chi connectivity index (χ3v) is 2.46. The molecular weight excluding hydrogens is 172 g/mol. The molecule has 72 valence electrons. The van der Waals surface area contributed by atoms with Gasteiger partial charge in [-0.05, 0) is 30.4 Å². The van der Waals surface area contributed by atoms with E-state index in [-0.39, 0.29) is 0 Å². The van der Waals surface area contributed by atoms with E-state index < -0.39 is 0 Å². The van der Waals surface area contributed by atoms with E-state index in [1.165, 1.54) is 5.39 Å². The molecule has 2 aromatic heterocycles. The highest BCUT2D eigenvalue weighted by molar-refractivity contribution is 5.83. The lowest BCUT2D eigenvalue weighted by Crippen LogP contribution is -1.93. The SMILES string of the molecule is Cc1nccc2cc(C(C)C)ncc12. The van der Waals surface area contributed by atoms with Gasteiger partial charge in [0.1, 0.15) is 0 Å². The van der Waals surface area contributed by atoms with Gasteiger partial charge in [-0.3, -0.25) is 9.97 Å². The molecule has 0 aliphatic carbocycles. The Morgan fingerprint density at radius 2 is 2.00 bits per heavy atom. The van der Waals surface area contributed by atoms with Gasteiger partial charge in [-0.15, -0.1) is 0 Å². The molecule has 0 saturated carbocycles. The van der Waals surface area contributed by atoms with Crippen LogP contribution in [0.15, 0.2) is 24.5 Å². The molecule has 0 atom stereocenters. The number of fused-ring (bicyclic) bond motifs is 1. The average Bonchev–Trinajstić information content (AvgIpc) is 2.17. The first kappa shape index (κ1) is 9.13. The summed E-state index contributed by atoms with van der Waals surface area (Å²) in [5.74, 6) is 0.480. The van der Waals surface area contributed by atoms with Gasteiger partial charge in [0.15, 0.2) is 0 Å². The minimum atomic E-state index is 0.480. The molecule has 0 fully saturated rings. The van der Waals surface area contributed by atoms with Gasteiger partial charge in [0.2, 0.25) is 0 Å². The average molecular weight is 186 g/mol. The largest absolute Gasteiger partial charge is 0.261 e. The van der Waals surface area contributed by atoms with E-state index in [0.717, 1.165) is 16.8 Å². The Hall–Kier alpha value is -1.44. The van der Waals surface area contributed by atoms with Crippen molar-refractivity contribution in [1.29, 1.82) is 0 Å². The van der Waals surface area contributed by atoms with Crippen molar-refractivity contribution >= 4 is 10.8 Å². The minimum absolute atomic E-state index is 0.480. The van der Waals surface area contributed by atoms with Crippen LogP contribution in [0.3, 0.4) is 0 Å². The molecule has 2 heteroatoms. The summed E-state index contributed by atoms with van der Waals surface area (Å²) >= 11 is 0. The van der Waals surface area contributed by atoms with E-state index in [0.29, 0.717) is 5.92 Å². The lowest BCUT2D eigenvalue weighted by Gasteiger charge is -2.06. The highest BCUT2D eigenvalue weighted by atomic mass is 14.7. The predicted octanol–water partition coefficient (Wildman–Crippen LogP) is 3.06. The lowest BCUT2D eigenvalue weighted by atomic mass is 10.1. The second-order valence-electron chi connectivity index (χ2n) is 3.88. The van der Waals surface area contributed by atoms with Crippen LogP contribution in [0.25, 0.3) is 10.8 Å². The molecule has 0 aliphatic heterocycles. The summed E-state index contributed by atoms with van der Waals surface area (Å²) in [4.78, 5) is 8.67. The van der Waals surface area contributed by atoms with Crippen molar-refractivity contribution in [1.82, 2.24) is 9.97 Å². The zero-order valence-corrected chi connectivity index (χ0v) is 8.78. The van der Waals surface area contributed by atoms with Crippen molar-refractivity contribution in [2.75, 3.05) is 0 Å². The van der Waals surface area contributed by atoms with Crippen molar-refractivity contribution < 1.29 is 0 Å². The van der Waals surface area contributed by atoms with Crippen LogP contribution in [-0.4, -0.2) is 9.97 Å². The second kappa shape index (κ2) is 3.37. The predicted molar refractivity (Wildman–Crippen MR) is 58.4 cm³/mol. The van der Waals surface area contributed by atoms with Crippen molar-refractivity contribution in [3.63, 3.8) is 0 Å². The first-order valence-electron chi connectivity index (χ1n) is 4.90. The number of nitrogens with zero attached hydrogens (tertiary/aromatic N) is 2. The number of aryl methyl sites for hydroxylation is 1. The summed E-state index contributed by atoms with van der Waals surface area (Å²) in [6, 6.07) is 4.19. The zero-order chi connectivity index (χ0) is 10.1. The van der Waals surface area contributed by atoms with Crippen LogP contribution >= 0.6 is 0 Å². The fraction of sp³-hybridized carbons (Fsp3) is 0.333. The van der Waals surface area contributed by atoms with Gasteiger partial charge in [0.25, 0.3) is 0 Å². The fourth-order valence-corrected chi connectivity index (χ4v) is 1.54. The quantitative estimate of drug-likeness (QED) is 0.684. The van der Waals surface area contributed by atoms with Crippen LogP contribution in [0, 0.1) is 6.92 Å². The number of rotatable bonds is 1. The van der Waals surface area contributed by atoms with Crippen LogP contribution in [-0.2, 0) is 0 Å². The Bertz CT molecular complexity index is 461. The van der Waals surface area contributed by atoms with Crippen LogP contribution < -0.4 is 0 Å². The first-order chi connectivity index (χ1) is 6.68. The van der Waals surface area contributed by atoms with Crippen molar-refractivity contribution in [2.24, 2.45) is 0 Å². The molecule has 0 N–H and O–H groups in total. The maximum atomic E-state index is 4.43. The van der Waals surface area contributed by atoms with Crippen molar-refractivity contribution in [3.8, 4) is 0 Å². The molecule has 14 heavy (non-hydrogen) atoms. The van der Waals surface area contributed by atoms with E-state index in [2.05, 4.69) is 29.9 Å². The normalized spacial score (nSPS) is 11.1. The summed E-state index contributed by atoms with van der Waals surface area (Å²) in [5, 5.41) is 2.38. The Morgan fingerprint density at radius 1 is 1.21 bits per heavy atom. The smallest absolute Gasteiger partial charge is 0.0466 e. The van der Waals surface area contributed by atoms with Crippen molar-refractivity contribution in [2.45, 2.75) is 26.7 Å². The minimum Gasteiger partial charge on any atom is -0.261 e. The lowest BCUT2D eigenvalue weighted by molar-refractivity contribution is 0.826. The van der Waals surface area contributed by atoms with E-state index in [9.17, 15) is 0 Å². The van der Waals surface area contributed by atoms with Gasteiger partial charge in [-0.2, -0.15) is 0 Å². The summed E-state index contributed by atoms with van der Waals surface area (Å²) in [6.45, 7) is 6.32. The number of hydrogen-bond acceptors (Lipinski definition) is 2. The molecule has 2 aromatic rings. The standard InChI is InChI=1S/C12H14N2/c1-8(2)12-6-10-4-5-13-9(3)11(10)7-14-12/h4-8H,1-3H3. The number of aromatic nitrogens is 2. The van der Waals surface area contributed by atoms with Crippen LogP contribution in [0.1, 0.15) is 31.2 Å². The van der Waals surface area contributed by atoms with Gasteiger partial charge in [-0.1, -0.05) is 13.8 Å². The van der Waals surface area contributed by atoms with E-state index >= 15 is 0 Å². The topological polar surface area (TPSA) is 25.8 Å². The number of hydrogen-bond donors (Lipinski definition) is 0. The Labute approximate surface area is 84.0 Å². The molecule has 0 aromatic carbocycles. The molecule has 2 nitrogen and oxygen atoms in total.